The number of aromatic nitrogens is 1. The number of hydrogen-bond acceptors (Lipinski definition) is 3. The van der Waals surface area contributed by atoms with Crippen LogP contribution in [-0.4, -0.2) is 24.6 Å². The van der Waals surface area contributed by atoms with E-state index in [0.717, 1.165) is 24.2 Å². The highest BCUT2D eigenvalue weighted by atomic mass is 79.9. The van der Waals surface area contributed by atoms with Crippen LogP contribution in [0, 0.1) is 0 Å². The van der Waals surface area contributed by atoms with Crippen LogP contribution in [0.5, 0.6) is 0 Å². The van der Waals surface area contributed by atoms with Crippen molar-refractivity contribution in [3.05, 3.63) is 28.5 Å². The van der Waals surface area contributed by atoms with Crippen molar-refractivity contribution in [3.8, 4) is 0 Å². The fourth-order valence-corrected chi connectivity index (χ4v) is 1.72. The first-order chi connectivity index (χ1) is 6.36. The number of rotatable bonds is 1. The molecule has 1 atom stereocenters. The molecule has 1 aromatic rings. The first kappa shape index (κ1) is 9.12. The van der Waals surface area contributed by atoms with E-state index >= 15 is 0 Å². The maximum atomic E-state index is 4.20. The van der Waals surface area contributed by atoms with Gasteiger partial charge in [0.05, 0.1) is 0 Å². The standard InChI is InChI=1S/C9H12BrN3/c10-9-2-1-7(5-13-9)8-6-11-3-4-12-8/h1-2,5,8,11-12H,3-4,6H2/t8-/m1/s1. The minimum Gasteiger partial charge on any atom is -0.314 e. The number of nitrogens with zero attached hydrogens (tertiary/aromatic N) is 1. The molecule has 3 nitrogen and oxygen atoms in total. The zero-order valence-electron chi connectivity index (χ0n) is 7.26. The molecule has 1 aliphatic heterocycles. The van der Waals surface area contributed by atoms with Gasteiger partial charge in [-0.25, -0.2) is 4.98 Å². The summed E-state index contributed by atoms with van der Waals surface area (Å²) in [5.41, 5.74) is 1.25. The minimum absolute atomic E-state index is 0.411. The van der Waals surface area contributed by atoms with Gasteiger partial charge in [-0.1, -0.05) is 6.07 Å². The van der Waals surface area contributed by atoms with Gasteiger partial charge in [-0.15, -0.1) is 0 Å². The lowest BCUT2D eigenvalue weighted by molar-refractivity contribution is 0.429. The molecule has 0 saturated carbocycles. The first-order valence-electron chi connectivity index (χ1n) is 4.42. The Morgan fingerprint density at radius 2 is 2.31 bits per heavy atom. The van der Waals surface area contributed by atoms with Crippen LogP contribution in [0.1, 0.15) is 11.6 Å². The Bertz CT molecular complexity index is 267. The summed E-state index contributed by atoms with van der Waals surface area (Å²) in [6.07, 6.45) is 1.91. The summed E-state index contributed by atoms with van der Waals surface area (Å²) >= 11 is 3.32. The van der Waals surface area contributed by atoms with Crippen molar-refractivity contribution >= 4 is 15.9 Å². The summed E-state index contributed by atoms with van der Waals surface area (Å²) in [7, 11) is 0. The second-order valence-corrected chi connectivity index (χ2v) is 3.94. The minimum atomic E-state index is 0.411. The third-order valence-electron chi connectivity index (χ3n) is 2.19. The zero-order chi connectivity index (χ0) is 9.10. The molecule has 1 aromatic heterocycles. The number of hydrogen-bond donors (Lipinski definition) is 2. The third-order valence-corrected chi connectivity index (χ3v) is 2.66. The van der Waals surface area contributed by atoms with Crippen LogP contribution in [0.3, 0.4) is 0 Å². The number of nitrogens with one attached hydrogen (secondary N) is 2. The van der Waals surface area contributed by atoms with Gasteiger partial charge in [-0.3, -0.25) is 0 Å². The molecule has 70 valence electrons. The van der Waals surface area contributed by atoms with Crippen LogP contribution < -0.4 is 10.6 Å². The first-order valence-corrected chi connectivity index (χ1v) is 5.21. The Balaban J connectivity index is 2.10. The van der Waals surface area contributed by atoms with Crippen LogP contribution in [0.4, 0.5) is 0 Å². The van der Waals surface area contributed by atoms with Crippen molar-refractivity contribution in [1.82, 2.24) is 15.6 Å². The van der Waals surface area contributed by atoms with Gasteiger partial charge in [-0.2, -0.15) is 0 Å². The molecule has 0 aliphatic carbocycles. The van der Waals surface area contributed by atoms with E-state index in [0.29, 0.717) is 6.04 Å². The maximum Gasteiger partial charge on any atom is 0.106 e. The third kappa shape index (κ3) is 2.27. The van der Waals surface area contributed by atoms with Crippen LogP contribution in [0.15, 0.2) is 22.9 Å². The van der Waals surface area contributed by atoms with Crippen LogP contribution >= 0.6 is 15.9 Å². The number of piperazine rings is 1. The Morgan fingerprint density at radius 1 is 1.38 bits per heavy atom. The van der Waals surface area contributed by atoms with E-state index in [1.165, 1.54) is 5.56 Å². The molecule has 0 spiro atoms. The van der Waals surface area contributed by atoms with Crippen molar-refractivity contribution in [3.63, 3.8) is 0 Å². The summed E-state index contributed by atoms with van der Waals surface area (Å²) in [5, 5.41) is 6.78. The molecule has 13 heavy (non-hydrogen) atoms. The topological polar surface area (TPSA) is 37.0 Å². The van der Waals surface area contributed by atoms with Crippen molar-refractivity contribution in [2.24, 2.45) is 0 Å². The summed E-state index contributed by atoms with van der Waals surface area (Å²) < 4.78 is 0.889. The summed E-state index contributed by atoms with van der Waals surface area (Å²) in [6.45, 7) is 3.07. The molecule has 1 saturated heterocycles. The Morgan fingerprint density at radius 3 is 2.92 bits per heavy atom. The molecule has 0 aromatic carbocycles. The maximum absolute atomic E-state index is 4.20. The van der Waals surface area contributed by atoms with E-state index in [1.54, 1.807) is 0 Å². The highest BCUT2D eigenvalue weighted by molar-refractivity contribution is 9.10. The van der Waals surface area contributed by atoms with Gasteiger partial charge >= 0.3 is 0 Å². The Labute approximate surface area is 86.1 Å². The van der Waals surface area contributed by atoms with Crippen molar-refractivity contribution in [2.75, 3.05) is 19.6 Å². The fraction of sp³-hybridized carbons (Fsp3) is 0.444. The summed E-state index contributed by atoms with van der Waals surface area (Å²) in [5.74, 6) is 0. The van der Waals surface area contributed by atoms with Crippen molar-refractivity contribution < 1.29 is 0 Å². The summed E-state index contributed by atoms with van der Waals surface area (Å²) in [4.78, 5) is 4.20. The van der Waals surface area contributed by atoms with Crippen molar-refractivity contribution in [2.45, 2.75) is 6.04 Å². The second kappa shape index (κ2) is 4.17. The lowest BCUT2D eigenvalue weighted by atomic mass is 10.1. The number of halogens is 1. The Hall–Kier alpha value is -0.450. The zero-order valence-corrected chi connectivity index (χ0v) is 8.84. The molecule has 0 amide bonds. The molecule has 2 heterocycles. The molecular weight excluding hydrogens is 230 g/mol. The van der Waals surface area contributed by atoms with Gasteiger partial charge in [-0.05, 0) is 27.6 Å². The van der Waals surface area contributed by atoms with E-state index in [9.17, 15) is 0 Å². The van der Waals surface area contributed by atoms with Gasteiger partial charge in [0.1, 0.15) is 4.60 Å². The van der Waals surface area contributed by atoms with E-state index < -0.39 is 0 Å². The Kier molecular flexibility index (Phi) is 2.93. The van der Waals surface area contributed by atoms with Crippen LogP contribution in [0.2, 0.25) is 0 Å². The fourth-order valence-electron chi connectivity index (χ4n) is 1.48. The monoisotopic (exact) mass is 241 g/mol. The van der Waals surface area contributed by atoms with E-state index in [-0.39, 0.29) is 0 Å². The molecule has 2 N–H and O–H groups in total. The molecular formula is C9H12BrN3. The highest BCUT2D eigenvalue weighted by Gasteiger charge is 2.13. The van der Waals surface area contributed by atoms with Gasteiger partial charge < -0.3 is 10.6 Å². The average molecular weight is 242 g/mol. The summed E-state index contributed by atoms with van der Waals surface area (Å²) in [6, 6.07) is 4.49. The molecule has 0 bridgehead atoms. The smallest absolute Gasteiger partial charge is 0.106 e. The highest BCUT2D eigenvalue weighted by Crippen LogP contribution is 2.14. The largest absolute Gasteiger partial charge is 0.314 e. The number of pyridine rings is 1. The second-order valence-electron chi connectivity index (χ2n) is 3.13. The lowest BCUT2D eigenvalue weighted by Crippen LogP contribution is -2.42. The van der Waals surface area contributed by atoms with E-state index in [1.807, 2.05) is 12.3 Å². The molecule has 1 aliphatic rings. The molecule has 2 rings (SSSR count). The van der Waals surface area contributed by atoms with Gasteiger partial charge in [0.25, 0.3) is 0 Å². The molecule has 0 unspecified atom stereocenters. The van der Waals surface area contributed by atoms with E-state index in [4.69, 9.17) is 0 Å². The van der Waals surface area contributed by atoms with Crippen molar-refractivity contribution in [1.29, 1.82) is 0 Å². The average Bonchev–Trinajstić information content (AvgIpc) is 2.20. The van der Waals surface area contributed by atoms with Gasteiger partial charge in [0.2, 0.25) is 0 Å². The predicted molar refractivity (Wildman–Crippen MR) is 55.6 cm³/mol. The normalized spacial score (nSPS) is 23.0. The van der Waals surface area contributed by atoms with Crippen LogP contribution in [-0.2, 0) is 0 Å². The predicted octanol–water partition coefficient (Wildman–Crippen LogP) is 1.08. The molecule has 0 radical (unpaired) electrons. The molecule has 4 heteroatoms. The van der Waals surface area contributed by atoms with Crippen LogP contribution in [0.25, 0.3) is 0 Å². The SMILES string of the molecule is Brc1ccc([C@H]2CNCCN2)cn1. The van der Waals surface area contributed by atoms with E-state index in [2.05, 4.69) is 37.6 Å². The lowest BCUT2D eigenvalue weighted by Gasteiger charge is -2.24. The van der Waals surface area contributed by atoms with Gasteiger partial charge in [0, 0.05) is 31.9 Å². The molecule has 1 fully saturated rings. The van der Waals surface area contributed by atoms with Gasteiger partial charge in [0.15, 0.2) is 0 Å². The quantitative estimate of drug-likeness (QED) is 0.723.